The first-order valence-corrected chi connectivity index (χ1v) is 41.0. The predicted octanol–water partition coefficient (Wildman–Crippen LogP) is 33.8. The Bertz CT molecular complexity index is 7130. The van der Waals surface area contributed by atoms with Gasteiger partial charge < -0.3 is 0 Å². The SMILES string of the molecule is c1cc2ccc3cccc4ccc(c1)c2c34.c1cc2ccc3cccc4ccc(c1)c2c34.c1cc2ccc3cccc4ccc(c1)c2c34.c1cc2ccc3cccc4ccc(c1)c2c34.c1cc2cccc3c4cccc5cccc(c(c1)c23)c54.c1cc2cccc3c4cccc5cccc(c(c1)c23)c54.c1ccc2cc3ccccc3cc2c1. The van der Waals surface area contributed by atoms with Crippen molar-refractivity contribution in [2.75, 3.05) is 0 Å². The van der Waals surface area contributed by atoms with Crippen molar-refractivity contribution in [1.29, 1.82) is 0 Å². The highest BCUT2D eigenvalue weighted by Gasteiger charge is 2.16. The van der Waals surface area contributed by atoms with Gasteiger partial charge in [0.1, 0.15) is 0 Å². The summed E-state index contributed by atoms with van der Waals surface area (Å²) in [6.07, 6.45) is 0. The number of hydrogen-bond donors (Lipinski definition) is 0. The molecule has 29 rings (SSSR count). The van der Waals surface area contributed by atoms with Gasteiger partial charge in [-0.05, 0) is 249 Å². The Labute approximate surface area is 681 Å². The van der Waals surface area contributed by atoms with Crippen molar-refractivity contribution in [3.05, 3.63) is 449 Å². The summed E-state index contributed by atoms with van der Waals surface area (Å²) < 4.78 is 0. The molecule has 0 aliphatic rings. The van der Waals surface area contributed by atoms with Crippen LogP contribution < -0.4 is 0 Å². The molecule has 0 N–H and O–H groups in total. The van der Waals surface area contributed by atoms with Crippen molar-refractivity contribution >= 4 is 237 Å². The molecule has 546 valence electrons. The van der Waals surface area contributed by atoms with Crippen molar-refractivity contribution in [1.82, 2.24) is 0 Å². The minimum atomic E-state index is 1.31. The van der Waals surface area contributed by atoms with E-state index in [1.807, 2.05) is 0 Å². The van der Waals surface area contributed by atoms with Crippen LogP contribution >= 0.6 is 0 Å². The molecule has 29 aromatic rings. The standard InChI is InChI=1S/2C20H12.4C16H10.C14H10/c2*1-5-13-6-2-11-17-18-12-4-8-14-7-3-10-16(20(14)18)15(9-1)19(13)17;4*1-3-11-7-9-13-5-2-6-14-10-8-12(4-1)15(11)16(13)14;1-2-6-12-10-14-8-4-3-7-13(14)9-11(12)5-1/h2*1-12H;4*1-10H;1-10H. The smallest absolute Gasteiger partial charge is 0.00264 e. The van der Waals surface area contributed by atoms with E-state index in [0.29, 0.717) is 0 Å². The van der Waals surface area contributed by atoms with Gasteiger partial charge in [-0.1, -0.05) is 437 Å². The average Bonchev–Trinajstić information content (AvgIpc) is 0.719. The third-order valence-corrected chi connectivity index (χ3v) is 25.0. The molecule has 0 aliphatic heterocycles. The fourth-order valence-electron chi connectivity index (χ4n) is 19.7. The molecule has 0 radical (unpaired) electrons. The van der Waals surface area contributed by atoms with E-state index in [0.717, 1.165) is 0 Å². The molecular weight excluding hydrogens is 1420 g/mol. The van der Waals surface area contributed by atoms with Crippen LogP contribution in [0.3, 0.4) is 0 Å². The highest BCUT2D eigenvalue weighted by Crippen LogP contribution is 2.44. The van der Waals surface area contributed by atoms with Gasteiger partial charge in [-0.15, -0.1) is 0 Å². The van der Waals surface area contributed by atoms with Crippen LogP contribution in [-0.2, 0) is 0 Å². The molecule has 0 bridgehead atoms. The van der Waals surface area contributed by atoms with Crippen LogP contribution in [0.25, 0.3) is 237 Å². The summed E-state index contributed by atoms with van der Waals surface area (Å²) in [5.41, 5.74) is 0. The molecule has 0 spiro atoms. The molecule has 0 amide bonds. The summed E-state index contributed by atoms with van der Waals surface area (Å²) in [5.74, 6) is 0. The van der Waals surface area contributed by atoms with Gasteiger partial charge in [-0.3, -0.25) is 0 Å². The predicted molar refractivity (Wildman–Crippen MR) is 517 cm³/mol. The number of rotatable bonds is 0. The minimum absolute atomic E-state index is 1.31. The van der Waals surface area contributed by atoms with E-state index in [-0.39, 0.29) is 0 Å². The van der Waals surface area contributed by atoms with E-state index in [9.17, 15) is 0 Å². The first-order chi connectivity index (χ1) is 58.5. The highest BCUT2D eigenvalue weighted by molar-refractivity contribution is 6.35. The summed E-state index contributed by atoms with van der Waals surface area (Å²) in [7, 11) is 0. The number of benzene rings is 29. The Hall–Kier alpha value is -15.3. The van der Waals surface area contributed by atoms with Gasteiger partial charge >= 0.3 is 0 Å². The maximum atomic E-state index is 2.25. The Balaban J connectivity index is 0.0000000810. The van der Waals surface area contributed by atoms with Gasteiger partial charge in [0.15, 0.2) is 0 Å². The lowest BCUT2D eigenvalue weighted by molar-refractivity contribution is 1.76. The zero-order valence-corrected chi connectivity index (χ0v) is 64.7. The Morgan fingerprint density at radius 2 is 0.161 bits per heavy atom. The molecule has 0 aromatic heterocycles. The van der Waals surface area contributed by atoms with Gasteiger partial charge in [-0.25, -0.2) is 0 Å². The van der Waals surface area contributed by atoms with Crippen LogP contribution in [0, 0.1) is 0 Å². The van der Waals surface area contributed by atoms with E-state index in [1.54, 1.807) is 0 Å². The lowest BCUT2D eigenvalue weighted by Crippen LogP contribution is -1.85. The molecule has 29 aromatic carbocycles. The first kappa shape index (κ1) is 68.3. The van der Waals surface area contributed by atoms with Gasteiger partial charge in [0.2, 0.25) is 0 Å². The van der Waals surface area contributed by atoms with Crippen molar-refractivity contribution < 1.29 is 0 Å². The average molecular weight is 1490 g/mol. The number of hydrogen-bond acceptors (Lipinski definition) is 0. The Kier molecular flexibility index (Phi) is 16.4. The van der Waals surface area contributed by atoms with Gasteiger partial charge in [0, 0.05) is 0 Å². The molecule has 0 saturated heterocycles. The second-order valence-electron chi connectivity index (χ2n) is 31.5. The van der Waals surface area contributed by atoms with Gasteiger partial charge in [0.05, 0.1) is 0 Å². The van der Waals surface area contributed by atoms with Crippen molar-refractivity contribution in [3.63, 3.8) is 0 Å². The van der Waals surface area contributed by atoms with Crippen molar-refractivity contribution in [2.24, 2.45) is 0 Å². The van der Waals surface area contributed by atoms with E-state index in [1.165, 1.54) is 237 Å². The molecule has 0 nitrogen and oxygen atoms in total. The Morgan fingerprint density at radius 1 is 0.0678 bits per heavy atom. The molecule has 0 atom stereocenters. The second-order valence-corrected chi connectivity index (χ2v) is 31.5. The molecule has 0 aliphatic carbocycles. The quantitative estimate of drug-likeness (QED) is 0.105. The second kappa shape index (κ2) is 28.3. The fourth-order valence-corrected chi connectivity index (χ4v) is 19.7. The normalized spacial score (nSPS) is 11.7. The summed E-state index contributed by atoms with van der Waals surface area (Å²) >= 11 is 0. The third kappa shape index (κ3) is 11.5. The lowest BCUT2D eigenvalue weighted by Gasteiger charge is -2.13. The maximum Gasteiger partial charge on any atom is -0.00264 e. The Morgan fingerprint density at radius 3 is 0.280 bits per heavy atom. The minimum Gasteiger partial charge on any atom is -0.0616 e. The molecule has 0 saturated carbocycles. The molecular formula is C118H74. The molecule has 0 heteroatoms. The van der Waals surface area contributed by atoms with Crippen molar-refractivity contribution in [2.45, 2.75) is 0 Å². The number of fused-ring (bicyclic) bond motifs is 6. The van der Waals surface area contributed by atoms with Crippen LogP contribution in [0.2, 0.25) is 0 Å². The molecule has 0 fully saturated rings. The van der Waals surface area contributed by atoms with Crippen molar-refractivity contribution in [3.8, 4) is 0 Å². The van der Waals surface area contributed by atoms with Crippen LogP contribution in [0.15, 0.2) is 449 Å². The topological polar surface area (TPSA) is 0 Å². The van der Waals surface area contributed by atoms with E-state index < -0.39 is 0 Å². The molecule has 118 heavy (non-hydrogen) atoms. The van der Waals surface area contributed by atoms with E-state index >= 15 is 0 Å². The third-order valence-electron chi connectivity index (χ3n) is 25.0. The largest absolute Gasteiger partial charge is 0.0616 e. The zero-order chi connectivity index (χ0) is 77.7. The summed E-state index contributed by atoms with van der Waals surface area (Å²) in [6, 6.07) is 162. The summed E-state index contributed by atoms with van der Waals surface area (Å²) in [4.78, 5) is 0. The monoisotopic (exact) mass is 1490 g/mol. The van der Waals surface area contributed by atoms with Crippen LogP contribution in [0.1, 0.15) is 0 Å². The zero-order valence-electron chi connectivity index (χ0n) is 64.7. The summed E-state index contributed by atoms with van der Waals surface area (Å²) in [5, 5.41) is 59.6. The fraction of sp³-hybridized carbons (Fsp3) is 0. The highest BCUT2D eigenvalue weighted by atomic mass is 14.2. The van der Waals surface area contributed by atoms with Crippen LogP contribution in [-0.4, -0.2) is 0 Å². The molecule has 0 unspecified atom stereocenters. The first-order valence-electron chi connectivity index (χ1n) is 41.0. The maximum absolute atomic E-state index is 2.25. The lowest BCUT2D eigenvalue weighted by atomic mass is 9.90. The van der Waals surface area contributed by atoms with E-state index in [4.69, 9.17) is 0 Å². The van der Waals surface area contributed by atoms with Gasteiger partial charge in [-0.2, -0.15) is 0 Å². The van der Waals surface area contributed by atoms with Crippen LogP contribution in [0.5, 0.6) is 0 Å². The van der Waals surface area contributed by atoms with E-state index in [2.05, 4.69) is 449 Å². The van der Waals surface area contributed by atoms with Crippen LogP contribution in [0.4, 0.5) is 0 Å². The molecule has 0 heterocycles. The van der Waals surface area contributed by atoms with Gasteiger partial charge in [0.25, 0.3) is 0 Å². The summed E-state index contributed by atoms with van der Waals surface area (Å²) in [6.45, 7) is 0.